The summed E-state index contributed by atoms with van der Waals surface area (Å²) in [4.78, 5) is 32.5. The van der Waals surface area contributed by atoms with Gasteiger partial charge in [0.05, 0.1) is 23.8 Å². The van der Waals surface area contributed by atoms with Gasteiger partial charge in [0, 0.05) is 6.04 Å². The summed E-state index contributed by atoms with van der Waals surface area (Å²) in [5.41, 5.74) is 0.441. The molecule has 0 unspecified atom stereocenters. The molecule has 116 valence electrons. The maximum Gasteiger partial charge on any atom is 0.316 e. The van der Waals surface area contributed by atoms with Crippen LogP contribution in [0.1, 0.15) is 29.4 Å². The molecule has 0 saturated heterocycles. The molecule has 0 spiro atoms. The zero-order valence-corrected chi connectivity index (χ0v) is 12.1. The average molecular weight is 311 g/mol. The lowest BCUT2D eigenvalue weighted by atomic mass is 10.2. The minimum Gasteiger partial charge on any atom is -0.345 e. The smallest absolute Gasteiger partial charge is 0.316 e. The van der Waals surface area contributed by atoms with Gasteiger partial charge >= 0.3 is 11.8 Å². The first-order chi connectivity index (χ1) is 11.2. The molecule has 23 heavy (non-hydrogen) atoms. The molecule has 1 aromatic carbocycles. The molecule has 8 heteroatoms. The van der Waals surface area contributed by atoms with E-state index < -0.39 is 0 Å². The third kappa shape index (κ3) is 2.70. The molecule has 2 aromatic heterocycles. The lowest BCUT2D eigenvalue weighted by Gasteiger charge is -2.03. The predicted octanol–water partition coefficient (Wildman–Crippen LogP) is 0.720. The zero-order valence-electron chi connectivity index (χ0n) is 12.1. The molecular weight excluding hydrogens is 298 g/mol. The Balaban J connectivity index is 1.58. The van der Waals surface area contributed by atoms with Crippen molar-refractivity contribution in [1.82, 2.24) is 25.0 Å². The number of carbonyl (C=O) groups is 1. The fourth-order valence-corrected chi connectivity index (χ4v) is 2.26. The van der Waals surface area contributed by atoms with Gasteiger partial charge in [0.2, 0.25) is 0 Å². The fraction of sp³-hybridized carbons (Fsp3) is 0.267. The van der Waals surface area contributed by atoms with E-state index in [-0.39, 0.29) is 35.8 Å². The Hall–Kier alpha value is -3.03. The van der Waals surface area contributed by atoms with Crippen LogP contribution in [0.25, 0.3) is 10.9 Å². The molecular formula is C15H13N5O3. The van der Waals surface area contributed by atoms with E-state index in [2.05, 4.69) is 20.4 Å². The van der Waals surface area contributed by atoms with E-state index >= 15 is 0 Å². The lowest BCUT2D eigenvalue weighted by Crippen LogP contribution is -2.25. The highest BCUT2D eigenvalue weighted by molar-refractivity contribution is 5.89. The lowest BCUT2D eigenvalue weighted by molar-refractivity contribution is 0.0907. The van der Waals surface area contributed by atoms with E-state index in [0.717, 1.165) is 12.8 Å². The number of hydrogen-bond donors (Lipinski definition) is 1. The first-order valence-electron chi connectivity index (χ1n) is 7.28. The van der Waals surface area contributed by atoms with Crippen molar-refractivity contribution >= 4 is 16.8 Å². The van der Waals surface area contributed by atoms with Crippen LogP contribution in [0.2, 0.25) is 0 Å². The Kier molecular flexibility index (Phi) is 3.14. The van der Waals surface area contributed by atoms with Crippen LogP contribution in [0.3, 0.4) is 0 Å². The molecule has 1 aliphatic rings. The van der Waals surface area contributed by atoms with Crippen LogP contribution < -0.4 is 10.9 Å². The number of aromatic nitrogens is 4. The second-order valence-corrected chi connectivity index (χ2v) is 5.46. The molecule has 0 aliphatic heterocycles. The first kappa shape index (κ1) is 13.6. The number of fused-ring (bicyclic) bond motifs is 1. The molecule has 2 heterocycles. The molecule has 1 fully saturated rings. The number of nitrogens with one attached hydrogen (secondary N) is 1. The minimum absolute atomic E-state index is 0.0892. The maximum atomic E-state index is 12.4. The van der Waals surface area contributed by atoms with Crippen molar-refractivity contribution < 1.29 is 9.32 Å². The van der Waals surface area contributed by atoms with Gasteiger partial charge in [-0.25, -0.2) is 4.98 Å². The predicted molar refractivity (Wildman–Crippen MR) is 79.9 cm³/mol. The van der Waals surface area contributed by atoms with E-state index in [0.29, 0.717) is 10.9 Å². The van der Waals surface area contributed by atoms with Gasteiger partial charge in [-0.3, -0.25) is 14.2 Å². The van der Waals surface area contributed by atoms with Gasteiger partial charge in [0.1, 0.15) is 0 Å². The molecule has 4 rings (SSSR count). The molecule has 0 bridgehead atoms. The monoisotopic (exact) mass is 311 g/mol. The summed E-state index contributed by atoms with van der Waals surface area (Å²) >= 11 is 0. The molecule has 8 nitrogen and oxygen atoms in total. The highest BCUT2D eigenvalue weighted by Crippen LogP contribution is 2.19. The number of amides is 1. The highest BCUT2D eigenvalue weighted by atomic mass is 16.5. The standard InChI is InChI=1S/C15H13N5O3/c21-13(17-9-5-6-9)14-18-12(19-23-14)7-20-8-16-11-4-2-1-3-10(11)15(20)22/h1-4,8-9H,5-7H2,(H,17,21). The minimum atomic E-state index is -0.379. The van der Waals surface area contributed by atoms with Gasteiger partial charge < -0.3 is 9.84 Å². The van der Waals surface area contributed by atoms with E-state index in [9.17, 15) is 9.59 Å². The van der Waals surface area contributed by atoms with Crippen LogP contribution in [0, 0.1) is 0 Å². The summed E-state index contributed by atoms with van der Waals surface area (Å²) in [6, 6.07) is 7.31. The van der Waals surface area contributed by atoms with Crippen molar-refractivity contribution in [3.05, 3.63) is 52.7 Å². The molecule has 3 aromatic rings. The van der Waals surface area contributed by atoms with Gasteiger partial charge in [-0.1, -0.05) is 17.3 Å². The van der Waals surface area contributed by atoms with Crippen LogP contribution in [0.15, 0.2) is 39.9 Å². The van der Waals surface area contributed by atoms with Gasteiger partial charge in [0.15, 0.2) is 5.82 Å². The van der Waals surface area contributed by atoms with Crippen LogP contribution >= 0.6 is 0 Å². The van der Waals surface area contributed by atoms with Crippen molar-refractivity contribution in [3.63, 3.8) is 0 Å². The van der Waals surface area contributed by atoms with Crippen LogP contribution in [-0.2, 0) is 6.54 Å². The van der Waals surface area contributed by atoms with Gasteiger partial charge in [-0.2, -0.15) is 4.98 Å². The molecule has 0 atom stereocenters. The number of carbonyl (C=O) groups excluding carboxylic acids is 1. The quantitative estimate of drug-likeness (QED) is 0.761. The second kappa shape index (κ2) is 5.31. The SMILES string of the molecule is O=C(NC1CC1)c1nc(Cn2cnc3ccccc3c2=O)no1. The average Bonchev–Trinajstić information content (AvgIpc) is 3.25. The molecule has 1 N–H and O–H groups in total. The van der Waals surface area contributed by atoms with Gasteiger partial charge in [-0.05, 0) is 25.0 Å². The number of nitrogens with zero attached hydrogens (tertiary/aromatic N) is 4. The van der Waals surface area contributed by atoms with Crippen molar-refractivity contribution in [2.24, 2.45) is 0 Å². The Bertz CT molecular complexity index is 941. The summed E-state index contributed by atoms with van der Waals surface area (Å²) in [6.07, 6.45) is 3.39. The van der Waals surface area contributed by atoms with E-state index in [1.54, 1.807) is 18.2 Å². The van der Waals surface area contributed by atoms with Crippen molar-refractivity contribution in [3.8, 4) is 0 Å². The zero-order chi connectivity index (χ0) is 15.8. The Morgan fingerprint density at radius 3 is 3.00 bits per heavy atom. The number of rotatable bonds is 4. The summed E-state index contributed by atoms with van der Waals surface area (Å²) in [5, 5.41) is 7.03. The number of benzene rings is 1. The Morgan fingerprint density at radius 1 is 1.35 bits per heavy atom. The molecule has 1 saturated carbocycles. The van der Waals surface area contributed by atoms with E-state index in [1.165, 1.54) is 10.9 Å². The maximum absolute atomic E-state index is 12.4. The van der Waals surface area contributed by atoms with Crippen LogP contribution in [0.4, 0.5) is 0 Å². The number of hydrogen-bond acceptors (Lipinski definition) is 6. The summed E-state index contributed by atoms with van der Waals surface area (Å²) in [7, 11) is 0. The molecule has 1 amide bonds. The Labute approximate surface area is 130 Å². The third-order valence-corrected chi connectivity index (χ3v) is 3.62. The fourth-order valence-electron chi connectivity index (χ4n) is 2.26. The molecule has 0 radical (unpaired) electrons. The summed E-state index contributed by atoms with van der Waals surface area (Å²) in [6.45, 7) is 0.0941. The number of para-hydroxylation sites is 1. The largest absolute Gasteiger partial charge is 0.345 e. The van der Waals surface area contributed by atoms with Crippen LogP contribution in [0.5, 0.6) is 0 Å². The summed E-state index contributed by atoms with van der Waals surface area (Å²) < 4.78 is 6.33. The van der Waals surface area contributed by atoms with Crippen LogP contribution in [-0.4, -0.2) is 31.6 Å². The van der Waals surface area contributed by atoms with Crippen molar-refractivity contribution in [2.75, 3.05) is 0 Å². The summed E-state index contributed by atoms with van der Waals surface area (Å²) in [5.74, 6) is -0.214. The van der Waals surface area contributed by atoms with E-state index in [1.807, 2.05) is 6.07 Å². The third-order valence-electron chi connectivity index (χ3n) is 3.62. The molecule has 1 aliphatic carbocycles. The Morgan fingerprint density at radius 2 is 2.17 bits per heavy atom. The van der Waals surface area contributed by atoms with Gasteiger partial charge in [0.25, 0.3) is 5.56 Å². The van der Waals surface area contributed by atoms with Crippen molar-refractivity contribution in [2.45, 2.75) is 25.4 Å². The topological polar surface area (TPSA) is 103 Å². The normalized spacial score (nSPS) is 14.1. The van der Waals surface area contributed by atoms with Crippen molar-refractivity contribution in [1.29, 1.82) is 0 Å². The van der Waals surface area contributed by atoms with Gasteiger partial charge in [-0.15, -0.1) is 0 Å². The van der Waals surface area contributed by atoms with E-state index in [4.69, 9.17) is 4.52 Å². The highest BCUT2D eigenvalue weighted by Gasteiger charge is 2.26. The second-order valence-electron chi connectivity index (χ2n) is 5.46. The first-order valence-corrected chi connectivity index (χ1v) is 7.28.